The Morgan fingerprint density at radius 2 is 1.41 bits per heavy atom. The maximum atomic E-state index is 11.5. The van der Waals surface area contributed by atoms with E-state index in [0.29, 0.717) is 5.69 Å². The Bertz CT molecular complexity index is 661. The van der Waals surface area contributed by atoms with E-state index < -0.39 is 10.1 Å². The summed E-state index contributed by atoms with van der Waals surface area (Å²) in [7, 11) is -4.20. The van der Waals surface area contributed by atoms with Crippen LogP contribution in [0, 0.1) is 0 Å². The molecule has 0 fully saturated rings. The van der Waals surface area contributed by atoms with E-state index >= 15 is 0 Å². The van der Waals surface area contributed by atoms with Crippen LogP contribution in [-0.4, -0.2) is 19.1 Å². The highest BCUT2D eigenvalue weighted by molar-refractivity contribution is 7.86. The van der Waals surface area contributed by atoms with E-state index in [2.05, 4.69) is 17.6 Å². The molecule has 1 atom stereocenters. The molecule has 0 spiro atoms. The number of para-hydroxylation sites is 1. The molecule has 154 valence electrons. The van der Waals surface area contributed by atoms with Gasteiger partial charge in [-0.05, 0) is 25.0 Å². The van der Waals surface area contributed by atoms with E-state index in [1.807, 2.05) is 6.07 Å². The van der Waals surface area contributed by atoms with Gasteiger partial charge in [0.25, 0.3) is 10.1 Å². The lowest BCUT2D eigenvalue weighted by atomic mass is 10.0. The number of anilines is 2. The average molecular weight is 397 g/mol. The van der Waals surface area contributed by atoms with E-state index in [-0.39, 0.29) is 11.1 Å². The van der Waals surface area contributed by atoms with Crippen molar-refractivity contribution >= 4 is 21.5 Å². The minimum atomic E-state index is -4.20. The maximum absolute atomic E-state index is 11.5. The molecule has 6 heteroatoms. The Morgan fingerprint density at radius 3 is 1.96 bits per heavy atom. The van der Waals surface area contributed by atoms with Crippen LogP contribution in [0.3, 0.4) is 0 Å². The average Bonchev–Trinajstić information content (AvgIpc) is 3.04. The molecular weight excluding hydrogens is 360 g/mol. The number of benzene rings is 1. The summed E-state index contributed by atoms with van der Waals surface area (Å²) in [5.74, 6) is 0. The summed E-state index contributed by atoms with van der Waals surface area (Å²) in [5, 5.41) is 6.50. The molecule has 1 heterocycles. The van der Waals surface area contributed by atoms with E-state index in [1.54, 1.807) is 6.07 Å². The molecule has 0 aliphatic carbocycles. The first-order valence-corrected chi connectivity index (χ1v) is 12.1. The van der Waals surface area contributed by atoms with Crippen LogP contribution in [0.25, 0.3) is 0 Å². The molecule has 0 radical (unpaired) electrons. The van der Waals surface area contributed by atoms with Crippen molar-refractivity contribution in [1.29, 1.82) is 0 Å². The van der Waals surface area contributed by atoms with Crippen LogP contribution >= 0.6 is 0 Å². The summed E-state index contributed by atoms with van der Waals surface area (Å²) in [5.41, 5.74) is 1.23. The Hall–Kier alpha value is -1.27. The Kier molecular flexibility index (Phi) is 9.42. The maximum Gasteiger partial charge on any atom is 0.296 e. The van der Waals surface area contributed by atoms with Crippen LogP contribution < -0.4 is 10.6 Å². The van der Waals surface area contributed by atoms with Crippen molar-refractivity contribution in [1.82, 2.24) is 0 Å². The van der Waals surface area contributed by atoms with Gasteiger partial charge in [-0.1, -0.05) is 83.6 Å². The molecule has 0 saturated carbocycles. The van der Waals surface area contributed by atoms with Gasteiger partial charge < -0.3 is 10.6 Å². The number of hydrogen-bond acceptors (Lipinski definition) is 4. The third-order valence-electron chi connectivity index (χ3n) is 5.30. The quantitative estimate of drug-likeness (QED) is 0.258. The molecule has 0 saturated heterocycles. The monoisotopic (exact) mass is 396 g/mol. The predicted octanol–water partition coefficient (Wildman–Crippen LogP) is 6.19. The Labute approximate surface area is 165 Å². The van der Waals surface area contributed by atoms with Gasteiger partial charge >= 0.3 is 0 Å². The Morgan fingerprint density at radius 1 is 0.852 bits per heavy atom. The van der Waals surface area contributed by atoms with Gasteiger partial charge in [0, 0.05) is 0 Å². The molecule has 1 aliphatic rings. The van der Waals surface area contributed by atoms with Gasteiger partial charge in [-0.15, -0.1) is 0 Å². The Balaban J connectivity index is 1.53. The van der Waals surface area contributed by atoms with Crippen LogP contribution in [0.5, 0.6) is 0 Å². The summed E-state index contributed by atoms with van der Waals surface area (Å²) < 4.78 is 32.3. The lowest BCUT2D eigenvalue weighted by Gasteiger charge is -2.12. The highest BCUT2D eigenvalue weighted by Crippen LogP contribution is 2.36. The molecule has 0 bridgehead atoms. The smallest absolute Gasteiger partial charge is 0.296 e. The molecule has 2 rings (SSSR count). The van der Waals surface area contributed by atoms with Gasteiger partial charge in [-0.25, -0.2) is 0 Å². The molecule has 1 aromatic rings. The highest BCUT2D eigenvalue weighted by Gasteiger charge is 2.26. The molecule has 0 aromatic heterocycles. The number of hydrogen-bond donors (Lipinski definition) is 3. The number of unbranched alkanes of at least 4 members (excludes halogenated alkanes) is 11. The second-order valence-corrected chi connectivity index (χ2v) is 9.06. The normalized spacial score (nSPS) is 16.0. The predicted molar refractivity (Wildman–Crippen MR) is 113 cm³/mol. The van der Waals surface area contributed by atoms with Crippen molar-refractivity contribution in [2.75, 3.05) is 10.6 Å². The second-order valence-electron chi connectivity index (χ2n) is 7.67. The molecule has 0 amide bonds. The number of nitrogens with one attached hydrogen (secondary N) is 2. The molecular formula is C21H36N2O3S. The summed E-state index contributed by atoms with van der Waals surface area (Å²) in [4.78, 5) is -0.0512. The third kappa shape index (κ3) is 7.70. The van der Waals surface area contributed by atoms with Gasteiger partial charge in [0.15, 0.2) is 0 Å². The number of fused-ring (bicyclic) bond motifs is 1. The van der Waals surface area contributed by atoms with Gasteiger partial charge in [0.1, 0.15) is 4.90 Å². The van der Waals surface area contributed by atoms with Crippen LogP contribution in [0.2, 0.25) is 0 Å². The van der Waals surface area contributed by atoms with Gasteiger partial charge in [-0.3, -0.25) is 4.55 Å². The number of rotatable bonds is 14. The summed E-state index contributed by atoms with van der Waals surface area (Å²) >= 11 is 0. The van der Waals surface area contributed by atoms with E-state index in [4.69, 9.17) is 0 Å². The van der Waals surface area contributed by atoms with Crippen LogP contribution in [0.15, 0.2) is 23.1 Å². The van der Waals surface area contributed by atoms with Crippen LogP contribution in [-0.2, 0) is 10.1 Å². The topological polar surface area (TPSA) is 78.4 Å². The lowest BCUT2D eigenvalue weighted by molar-refractivity contribution is 0.483. The van der Waals surface area contributed by atoms with Crippen molar-refractivity contribution in [2.24, 2.45) is 0 Å². The first-order valence-electron chi connectivity index (χ1n) is 10.7. The van der Waals surface area contributed by atoms with E-state index in [9.17, 15) is 13.0 Å². The van der Waals surface area contributed by atoms with Crippen molar-refractivity contribution in [3.05, 3.63) is 18.2 Å². The van der Waals surface area contributed by atoms with E-state index in [0.717, 1.165) is 18.5 Å². The molecule has 5 nitrogen and oxygen atoms in total. The zero-order valence-corrected chi connectivity index (χ0v) is 17.5. The van der Waals surface area contributed by atoms with Crippen molar-refractivity contribution in [3.63, 3.8) is 0 Å². The minimum Gasteiger partial charge on any atom is -0.364 e. The standard InChI is InChI=1S/C21H36N2O3S/c1-2-3-4-5-6-7-8-9-10-11-12-13-17-20-22-18-15-14-16-19(21(18)23-20)27(24,25)26/h14-16,20,22-23H,2-13,17H2,1H3,(H,24,25,26). The first kappa shape index (κ1) is 22.0. The SMILES string of the molecule is CCCCCCCCCCCCCCC1Nc2cccc(S(=O)(=O)O)c2N1. The lowest BCUT2D eigenvalue weighted by Crippen LogP contribution is -2.22. The fourth-order valence-corrected chi connectivity index (χ4v) is 4.42. The van der Waals surface area contributed by atoms with Crippen LogP contribution in [0.4, 0.5) is 11.4 Å². The molecule has 1 aromatic carbocycles. The highest BCUT2D eigenvalue weighted by atomic mass is 32.2. The fraction of sp³-hybridized carbons (Fsp3) is 0.714. The summed E-state index contributed by atoms with van der Waals surface area (Å²) in [6.45, 7) is 2.26. The molecule has 1 aliphatic heterocycles. The van der Waals surface area contributed by atoms with Crippen molar-refractivity contribution in [3.8, 4) is 0 Å². The molecule has 3 N–H and O–H groups in total. The van der Waals surface area contributed by atoms with Crippen molar-refractivity contribution in [2.45, 2.75) is 101 Å². The zero-order valence-electron chi connectivity index (χ0n) is 16.7. The first-order chi connectivity index (χ1) is 13.0. The largest absolute Gasteiger partial charge is 0.364 e. The van der Waals surface area contributed by atoms with Crippen molar-refractivity contribution < 1.29 is 13.0 Å². The summed E-state index contributed by atoms with van der Waals surface area (Å²) in [6, 6.07) is 4.90. The molecule has 27 heavy (non-hydrogen) atoms. The fourth-order valence-electron chi connectivity index (χ4n) is 3.75. The third-order valence-corrected chi connectivity index (χ3v) is 6.19. The van der Waals surface area contributed by atoms with Gasteiger partial charge in [0.2, 0.25) is 0 Å². The van der Waals surface area contributed by atoms with Gasteiger partial charge in [0.05, 0.1) is 17.5 Å². The second kappa shape index (κ2) is 11.5. The molecule has 1 unspecified atom stereocenters. The zero-order chi connectivity index (χ0) is 19.5. The summed E-state index contributed by atoms with van der Waals surface area (Å²) in [6.07, 6.45) is 16.9. The van der Waals surface area contributed by atoms with Gasteiger partial charge in [-0.2, -0.15) is 8.42 Å². The minimum absolute atomic E-state index is 0.0334. The van der Waals surface area contributed by atoms with Crippen LogP contribution in [0.1, 0.15) is 90.4 Å². The van der Waals surface area contributed by atoms with E-state index in [1.165, 1.54) is 76.7 Å².